The average Bonchev–Trinajstić information content (AvgIpc) is 3.15. The lowest BCUT2D eigenvalue weighted by Crippen LogP contribution is -2.11. The van der Waals surface area contributed by atoms with Gasteiger partial charge in [0.2, 0.25) is 0 Å². The molecule has 0 saturated heterocycles. The predicted octanol–water partition coefficient (Wildman–Crippen LogP) is 6.41. The highest BCUT2D eigenvalue weighted by molar-refractivity contribution is 5.92. The van der Waals surface area contributed by atoms with Crippen molar-refractivity contribution in [3.63, 3.8) is 0 Å². The SMILES string of the molecule is C=CC(=O)OCCOc1ccc(C(=O)Oc2ccc(N=Cc3ccc(OC(=O)c4ccc(OCCOC(=O)C=C)cc4)c(OC)c3)c(C)c2)cc1. The molecule has 0 fully saturated rings. The van der Waals surface area contributed by atoms with E-state index in [2.05, 4.69) is 18.2 Å². The minimum Gasteiger partial charge on any atom is -0.493 e. The number of rotatable bonds is 17. The lowest BCUT2D eigenvalue weighted by molar-refractivity contribution is -0.139. The molecule has 0 spiro atoms. The van der Waals surface area contributed by atoms with Gasteiger partial charge in [-0.25, -0.2) is 19.2 Å². The third-order valence-corrected chi connectivity index (χ3v) is 6.83. The fourth-order valence-corrected chi connectivity index (χ4v) is 4.25. The van der Waals surface area contributed by atoms with E-state index in [1.807, 2.05) is 6.92 Å². The molecule has 12 heteroatoms. The summed E-state index contributed by atoms with van der Waals surface area (Å²) in [7, 11) is 1.46. The Labute approximate surface area is 294 Å². The van der Waals surface area contributed by atoms with Crippen LogP contribution in [0.4, 0.5) is 5.69 Å². The van der Waals surface area contributed by atoms with Crippen molar-refractivity contribution in [3.8, 4) is 28.7 Å². The van der Waals surface area contributed by atoms with E-state index in [0.29, 0.717) is 45.4 Å². The van der Waals surface area contributed by atoms with E-state index in [9.17, 15) is 19.2 Å². The zero-order valence-electron chi connectivity index (χ0n) is 28.0. The number of nitrogens with zero attached hydrogens (tertiary/aromatic N) is 1. The first-order valence-corrected chi connectivity index (χ1v) is 15.5. The largest absolute Gasteiger partial charge is 0.493 e. The molecule has 4 aromatic carbocycles. The van der Waals surface area contributed by atoms with Crippen molar-refractivity contribution in [2.24, 2.45) is 4.99 Å². The Morgan fingerprint density at radius 2 is 1.16 bits per heavy atom. The summed E-state index contributed by atoms with van der Waals surface area (Å²) in [6.07, 6.45) is 3.77. The van der Waals surface area contributed by atoms with Crippen molar-refractivity contribution in [3.05, 3.63) is 132 Å². The second-order valence-corrected chi connectivity index (χ2v) is 10.4. The number of methoxy groups -OCH3 is 1. The van der Waals surface area contributed by atoms with Crippen LogP contribution in [0.3, 0.4) is 0 Å². The van der Waals surface area contributed by atoms with Crippen LogP contribution in [0.15, 0.2) is 115 Å². The number of hydrogen-bond acceptors (Lipinski definition) is 12. The molecule has 0 radical (unpaired) electrons. The summed E-state index contributed by atoms with van der Waals surface area (Å²) < 4.78 is 37.3. The molecule has 0 aliphatic heterocycles. The number of benzene rings is 4. The minimum atomic E-state index is -0.593. The number of carbonyl (C=O) groups is 4. The summed E-state index contributed by atoms with van der Waals surface area (Å²) in [6.45, 7) is 8.92. The quantitative estimate of drug-likeness (QED) is 0.0398. The van der Waals surface area contributed by atoms with Crippen molar-refractivity contribution < 1.29 is 52.3 Å². The van der Waals surface area contributed by atoms with Gasteiger partial charge in [0.05, 0.1) is 23.9 Å². The Bertz CT molecular complexity index is 1900. The highest BCUT2D eigenvalue weighted by Crippen LogP contribution is 2.30. The van der Waals surface area contributed by atoms with Gasteiger partial charge in [-0.3, -0.25) is 4.99 Å². The van der Waals surface area contributed by atoms with E-state index in [0.717, 1.165) is 17.7 Å². The number of hydrogen-bond donors (Lipinski definition) is 0. The standard InChI is InChI=1S/C39H35NO11/c1-5-36(41)48-21-19-46-30-12-8-28(9-13-30)38(43)50-32-16-17-33(26(3)23-32)40-25-27-7-18-34(35(24-27)45-4)51-39(44)29-10-14-31(15-11-29)47-20-22-49-37(42)6-2/h5-18,23-25H,1-2,19-22H2,3-4H3. The van der Waals surface area contributed by atoms with Gasteiger partial charge in [-0.1, -0.05) is 13.2 Å². The Kier molecular flexibility index (Phi) is 13.6. The first kappa shape index (κ1) is 37.1. The number of esters is 4. The molecule has 0 atom stereocenters. The highest BCUT2D eigenvalue weighted by atomic mass is 16.6. The number of aryl methyl sites for hydroxylation is 1. The van der Waals surface area contributed by atoms with Gasteiger partial charge in [-0.2, -0.15) is 0 Å². The van der Waals surface area contributed by atoms with Crippen LogP contribution in [-0.4, -0.2) is 63.6 Å². The van der Waals surface area contributed by atoms with Crippen LogP contribution in [-0.2, 0) is 19.1 Å². The zero-order valence-corrected chi connectivity index (χ0v) is 28.0. The monoisotopic (exact) mass is 693 g/mol. The second kappa shape index (κ2) is 18.7. The maximum absolute atomic E-state index is 12.8. The van der Waals surface area contributed by atoms with Crippen LogP contribution in [0.2, 0.25) is 0 Å². The molecule has 4 aromatic rings. The number of carbonyl (C=O) groups excluding carboxylic acids is 4. The molecule has 0 amide bonds. The maximum Gasteiger partial charge on any atom is 0.343 e. The molecular weight excluding hydrogens is 658 g/mol. The zero-order chi connectivity index (χ0) is 36.6. The molecule has 0 aliphatic carbocycles. The van der Waals surface area contributed by atoms with E-state index in [1.54, 1.807) is 91.1 Å². The highest BCUT2D eigenvalue weighted by Gasteiger charge is 2.14. The first-order chi connectivity index (χ1) is 24.7. The van der Waals surface area contributed by atoms with Crippen LogP contribution in [0.5, 0.6) is 28.7 Å². The van der Waals surface area contributed by atoms with Gasteiger partial charge >= 0.3 is 23.9 Å². The van der Waals surface area contributed by atoms with Gasteiger partial charge in [0.15, 0.2) is 11.5 Å². The summed E-state index contributed by atoms with van der Waals surface area (Å²) in [6, 6.07) is 22.8. The van der Waals surface area contributed by atoms with Crippen LogP contribution >= 0.6 is 0 Å². The van der Waals surface area contributed by atoms with Crippen LogP contribution in [0.25, 0.3) is 0 Å². The van der Waals surface area contributed by atoms with E-state index in [1.165, 1.54) is 7.11 Å². The van der Waals surface area contributed by atoms with Gasteiger partial charge in [-0.05, 0) is 103 Å². The minimum absolute atomic E-state index is 0.0640. The lowest BCUT2D eigenvalue weighted by atomic mass is 10.1. The maximum atomic E-state index is 12.8. The van der Waals surface area contributed by atoms with Gasteiger partial charge in [-0.15, -0.1) is 0 Å². The molecule has 262 valence electrons. The van der Waals surface area contributed by atoms with Crippen molar-refractivity contribution in [1.29, 1.82) is 0 Å². The van der Waals surface area contributed by atoms with E-state index in [4.69, 9.17) is 33.2 Å². The molecule has 0 aliphatic rings. The lowest BCUT2D eigenvalue weighted by Gasteiger charge is -2.11. The van der Waals surface area contributed by atoms with E-state index in [-0.39, 0.29) is 32.2 Å². The molecule has 0 unspecified atom stereocenters. The Morgan fingerprint density at radius 1 is 0.627 bits per heavy atom. The average molecular weight is 694 g/mol. The van der Waals surface area contributed by atoms with Gasteiger partial charge in [0, 0.05) is 18.4 Å². The molecule has 0 aromatic heterocycles. The Hall–Kier alpha value is -6.69. The Morgan fingerprint density at radius 3 is 1.67 bits per heavy atom. The third-order valence-electron chi connectivity index (χ3n) is 6.83. The number of aliphatic imine (C=N–C) groups is 1. The smallest absolute Gasteiger partial charge is 0.343 e. The summed E-state index contributed by atoms with van der Waals surface area (Å²) in [5, 5.41) is 0. The molecule has 51 heavy (non-hydrogen) atoms. The van der Waals surface area contributed by atoms with E-state index < -0.39 is 23.9 Å². The van der Waals surface area contributed by atoms with Crippen LogP contribution in [0, 0.1) is 6.92 Å². The molecule has 12 nitrogen and oxygen atoms in total. The normalized spacial score (nSPS) is 10.5. The van der Waals surface area contributed by atoms with Gasteiger partial charge in [0.1, 0.15) is 43.7 Å². The molecule has 0 heterocycles. The topological polar surface area (TPSA) is 145 Å². The van der Waals surface area contributed by atoms with Gasteiger partial charge in [0.25, 0.3) is 0 Å². The molecular formula is C39H35NO11. The van der Waals surface area contributed by atoms with Crippen molar-refractivity contribution in [2.45, 2.75) is 6.92 Å². The number of ether oxygens (including phenoxy) is 7. The predicted molar refractivity (Wildman–Crippen MR) is 188 cm³/mol. The van der Waals surface area contributed by atoms with Crippen molar-refractivity contribution >= 4 is 35.8 Å². The Balaban J connectivity index is 1.30. The van der Waals surface area contributed by atoms with Crippen molar-refractivity contribution in [1.82, 2.24) is 0 Å². The fraction of sp³-hybridized carbons (Fsp3) is 0.154. The second-order valence-electron chi connectivity index (χ2n) is 10.4. The van der Waals surface area contributed by atoms with Crippen LogP contribution in [0.1, 0.15) is 31.8 Å². The summed E-state index contributed by atoms with van der Waals surface area (Å²) in [5.41, 5.74) is 2.72. The first-order valence-electron chi connectivity index (χ1n) is 15.5. The summed E-state index contributed by atoms with van der Waals surface area (Å²) in [4.78, 5) is 52.2. The van der Waals surface area contributed by atoms with Crippen LogP contribution < -0.4 is 23.7 Å². The summed E-state index contributed by atoms with van der Waals surface area (Å²) >= 11 is 0. The molecule has 4 rings (SSSR count). The summed E-state index contributed by atoms with van der Waals surface area (Å²) in [5.74, 6) is -0.308. The van der Waals surface area contributed by atoms with E-state index >= 15 is 0 Å². The molecule has 0 N–H and O–H groups in total. The molecule has 0 bridgehead atoms. The fourth-order valence-electron chi connectivity index (χ4n) is 4.25. The molecule has 0 saturated carbocycles. The van der Waals surface area contributed by atoms with Crippen molar-refractivity contribution in [2.75, 3.05) is 33.5 Å². The van der Waals surface area contributed by atoms with Gasteiger partial charge < -0.3 is 33.2 Å². The third kappa shape index (κ3) is 11.5.